The van der Waals surface area contributed by atoms with Crippen LogP contribution in [0.3, 0.4) is 0 Å². The van der Waals surface area contributed by atoms with Crippen LogP contribution in [0.4, 0.5) is 0 Å². The Morgan fingerprint density at radius 1 is 1.40 bits per heavy atom. The lowest BCUT2D eigenvalue weighted by Crippen LogP contribution is -2.40. The van der Waals surface area contributed by atoms with E-state index in [1.165, 1.54) is 0 Å². The number of hydrogen-bond donors (Lipinski definition) is 0. The Kier molecular flexibility index (Phi) is 5.33. The Labute approximate surface area is 122 Å². The normalized spacial score (nSPS) is 13.7. The minimum absolute atomic E-state index is 0.184. The summed E-state index contributed by atoms with van der Waals surface area (Å²) in [5.74, 6) is 0. The minimum atomic E-state index is -1.77. The van der Waals surface area contributed by atoms with Crippen LogP contribution >= 0.6 is 0 Å². The van der Waals surface area contributed by atoms with Crippen LogP contribution in [0.15, 0.2) is 23.3 Å². The van der Waals surface area contributed by atoms with Crippen LogP contribution in [0.5, 0.6) is 0 Å². The predicted molar refractivity (Wildman–Crippen MR) is 83.8 cm³/mol. The Morgan fingerprint density at radius 2 is 2.05 bits per heavy atom. The molecule has 1 aromatic heterocycles. The highest BCUT2D eigenvalue weighted by Gasteiger charge is 2.37. The smallest absolute Gasteiger partial charge is 0.192 e. The molecule has 0 aliphatic rings. The molecule has 0 unspecified atom stereocenters. The van der Waals surface area contributed by atoms with Crippen molar-refractivity contribution in [1.82, 2.24) is 4.98 Å². The summed E-state index contributed by atoms with van der Waals surface area (Å²) in [5, 5.41) is 3.85. The van der Waals surface area contributed by atoms with Gasteiger partial charge in [0.05, 0.1) is 18.3 Å². The molecule has 110 valence electrons. The first kappa shape index (κ1) is 16.7. The van der Waals surface area contributed by atoms with Gasteiger partial charge in [-0.05, 0) is 35.8 Å². The maximum absolute atomic E-state index is 8.48. The van der Waals surface area contributed by atoms with E-state index in [9.17, 15) is 0 Å². The van der Waals surface area contributed by atoms with Crippen molar-refractivity contribution in [3.05, 3.63) is 40.0 Å². The van der Waals surface area contributed by atoms with E-state index in [-0.39, 0.29) is 11.1 Å². The highest BCUT2D eigenvalue weighted by Crippen LogP contribution is 2.37. The predicted octanol–water partition coefficient (Wildman–Crippen LogP) is 4.97. The van der Waals surface area contributed by atoms with Gasteiger partial charge in [0, 0.05) is 10.6 Å². The van der Waals surface area contributed by atoms with Gasteiger partial charge in [0.15, 0.2) is 8.32 Å². The van der Waals surface area contributed by atoms with Gasteiger partial charge in [-0.25, -0.2) is 0 Å². The molecule has 0 aliphatic carbocycles. The van der Waals surface area contributed by atoms with Crippen molar-refractivity contribution >= 4 is 8.32 Å². The second-order valence-corrected chi connectivity index (χ2v) is 11.3. The third kappa shape index (κ3) is 4.33. The summed E-state index contributed by atoms with van der Waals surface area (Å²) >= 11 is 0. The summed E-state index contributed by atoms with van der Waals surface area (Å²) in [7, 11) is -1.77. The molecule has 0 aliphatic heterocycles. The van der Waals surface area contributed by atoms with Crippen LogP contribution in [0, 0.1) is 0 Å². The van der Waals surface area contributed by atoms with Crippen LogP contribution in [-0.4, -0.2) is 13.3 Å². The third-order valence-electron chi connectivity index (χ3n) is 3.87. The van der Waals surface area contributed by atoms with E-state index in [0.717, 1.165) is 11.4 Å². The summed E-state index contributed by atoms with van der Waals surface area (Å²) in [4.78, 5) is 7.33. The molecule has 0 saturated carbocycles. The first-order valence-corrected chi connectivity index (χ1v) is 9.72. The first-order chi connectivity index (χ1) is 9.17. The summed E-state index contributed by atoms with van der Waals surface area (Å²) in [6, 6.07) is 5.48. The van der Waals surface area contributed by atoms with Crippen molar-refractivity contribution in [1.29, 1.82) is 0 Å². The molecule has 6 heteroatoms. The monoisotopic (exact) mass is 292 g/mol. The maximum Gasteiger partial charge on any atom is 0.192 e. The maximum atomic E-state index is 8.48. The average molecular weight is 292 g/mol. The fraction of sp³-hybridized carbons (Fsp3) is 0.643. The van der Waals surface area contributed by atoms with Crippen molar-refractivity contribution in [3.63, 3.8) is 0 Å². The van der Waals surface area contributed by atoms with E-state index in [2.05, 4.69) is 48.9 Å². The van der Waals surface area contributed by atoms with Crippen LogP contribution in [0.25, 0.3) is 10.4 Å². The Balaban J connectivity index is 2.80. The van der Waals surface area contributed by atoms with Crippen LogP contribution in [0.2, 0.25) is 18.1 Å². The summed E-state index contributed by atoms with van der Waals surface area (Å²) in [6.07, 6.45) is 0. The molecule has 0 fully saturated rings. The van der Waals surface area contributed by atoms with Crippen molar-refractivity contribution in [3.8, 4) is 0 Å². The number of nitrogens with zero attached hydrogens (tertiary/aromatic N) is 4. The molecule has 0 bridgehead atoms. The fourth-order valence-electron chi connectivity index (χ4n) is 1.42. The lowest BCUT2D eigenvalue weighted by atomic mass is 10.2. The molecule has 0 N–H and O–H groups in total. The standard InChI is InChI=1S/C14H24N4OSi/c1-11(17-18-15)13-9-7-8-12(16-13)10-19-20(5,6)14(2,3)4/h7-9,11H,10H2,1-6H3/t11-/m0/s1. The number of azide groups is 1. The van der Waals surface area contributed by atoms with E-state index in [0.29, 0.717) is 6.61 Å². The number of pyridine rings is 1. The second kappa shape index (κ2) is 6.39. The van der Waals surface area contributed by atoms with Gasteiger partial charge in [-0.1, -0.05) is 38.9 Å². The SMILES string of the molecule is C[C@H](N=[N+]=[N-])c1cccc(CO[Si](C)(C)C(C)(C)C)n1. The summed E-state index contributed by atoms with van der Waals surface area (Å²) in [6.45, 7) is 13.4. The minimum Gasteiger partial charge on any atom is -0.411 e. The fourth-order valence-corrected chi connectivity index (χ4v) is 2.36. The van der Waals surface area contributed by atoms with Gasteiger partial charge >= 0.3 is 0 Å². The molecule has 0 saturated heterocycles. The van der Waals surface area contributed by atoms with E-state index < -0.39 is 8.32 Å². The average Bonchev–Trinajstić information content (AvgIpc) is 2.36. The Bertz CT molecular complexity index is 504. The molecule has 1 atom stereocenters. The zero-order valence-electron chi connectivity index (χ0n) is 13.2. The molecule has 1 heterocycles. The van der Waals surface area contributed by atoms with E-state index in [4.69, 9.17) is 9.96 Å². The van der Waals surface area contributed by atoms with Crippen LogP contribution < -0.4 is 0 Å². The number of aromatic nitrogens is 1. The molecular formula is C14H24N4OSi. The highest BCUT2D eigenvalue weighted by atomic mass is 28.4. The van der Waals surface area contributed by atoms with E-state index in [1.807, 2.05) is 25.1 Å². The largest absolute Gasteiger partial charge is 0.411 e. The van der Waals surface area contributed by atoms with Gasteiger partial charge in [0.25, 0.3) is 0 Å². The topological polar surface area (TPSA) is 70.9 Å². The number of hydrogen-bond acceptors (Lipinski definition) is 3. The molecule has 0 amide bonds. The van der Waals surface area contributed by atoms with E-state index in [1.54, 1.807) is 0 Å². The van der Waals surface area contributed by atoms with Crippen molar-refractivity contribution < 1.29 is 4.43 Å². The molecule has 1 rings (SSSR count). The molecule has 5 nitrogen and oxygen atoms in total. The van der Waals surface area contributed by atoms with Gasteiger partial charge in [-0.15, -0.1) is 0 Å². The van der Waals surface area contributed by atoms with Gasteiger partial charge in [0.1, 0.15) is 0 Å². The molecule has 0 spiro atoms. The molecule has 0 aromatic carbocycles. The third-order valence-corrected chi connectivity index (χ3v) is 8.35. The Hall–Kier alpha value is -1.36. The second-order valence-electron chi connectivity index (χ2n) is 6.48. The molecule has 1 aromatic rings. The van der Waals surface area contributed by atoms with Crippen molar-refractivity contribution in [2.24, 2.45) is 5.11 Å². The molecular weight excluding hydrogens is 268 g/mol. The van der Waals surface area contributed by atoms with Gasteiger partial charge in [0.2, 0.25) is 0 Å². The van der Waals surface area contributed by atoms with Gasteiger partial charge in [-0.2, -0.15) is 0 Å². The molecule has 0 radical (unpaired) electrons. The lowest BCUT2D eigenvalue weighted by Gasteiger charge is -2.36. The van der Waals surface area contributed by atoms with Crippen LogP contribution in [0.1, 0.15) is 45.1 Å². The quantitative estimate of drug-likeness (QED) is 0.332. The summed E-state index contributed by atoms with van der Waals surface area (Å²) < 4.78 is 6.15. The highest BCUT2D eigenvalue weighted by molar-refractivity contribution is 6.74. The lowest BCUT2D eigenvalue weighted by molar-refractivity contribution is 0.271. The van der Waals surface area contributed by atoms with Gasteiger partial charge < -0.3 is 4.43 Å². The zero-order valence-corrected chi connectivity index (χ0v) is 14.2. The zero-order chi connectivity index (χ0) is 15.4. The van der Waals surface area contributed by atoms with E-state index >= 15 is 0 Å². The Morgan fingerprint density at radius 3 is 2.60 bits per heavy atom. The van der Waals surface area contributed by atoms with Gasteiger partial charge in [-0.3, -0.25) is 4.98 Å². The number of rotatable bonds is 5. The van der Waals surface area contributed by atoms with Crippen molar-refractivity contribution in [2.75, 3.05) is 0 Å². The van der Waals surface area contributed by atoms with Crippen LogP contribution in [-0.2, 0) is 11.0 Å². The molecule has 20 heavy (non-hydrogen) atoms. The van der Waals surface area contributed by atoms with Crippen molar-refractivity contribution in [2.45, 2.75) is 58.5 Å². The first-order valence-electron chi connectivity index (χ1n) is 6.81. The summed E-state index contributed by atoms with van der Waals surface area (Å²) in [5.41, 5.74) is 10.1.